The van der Waals surface area contributed by atoms with E-state index in [0.717, 1.165) is 22.6 Å². The molecule has 1 amide bonds. The number of benzene rings is 3. The Morgan fingerprint density at radius 1 is 1.00 bits per heavy atom. The molecule has 0 atom stereocenters. The Morgan fingerprint density at radius 2 is 1.73 bits per heavy atom. The van der Waals surface area contributed by atoms with Crippen LogP contribution in [0.4, 0.5) is 5.69 Å². The molecule has 1 aliphatic heterocycles. The third kappa shape index (κ3) is 6.59. The number of amidine groups is 1. The molecule has 1 aliphatic rings. The molecule has 37 heavy (non-hydrogen) atoms. The van der Waals surface area contributed by atoms with Crippen LogP contribution < -0.4 is 9.47 Å². The van der Waals surface area contributed by atoms with Crippen molar-refractivity contribution in [2.75, 3.05) is 20.3 Å². The van der Waals surface area contributed by atoms with Crippen LogP contribution in [-0.2, 0) is 16.1 Å². The lowest BCUT2D eigenvalue weighted by atomic mass is 10.2. The van der Waals surface area contributed by atoms with E-state index >= 15 is 0 Å². The molecule has 0 saturated carbocycles. The molecule has 4 rings (SSSR count). The van der Waals surface area contributed by atoms with Crippen molar-refractivity contribution >= 4 is 40.6 Å². The Labute approximate surface area is 220 Å². The number of esters is 1. The predicted octanol–water partition coefficient (Wildman–Crippen LogP) is 6.07. The van der Waals surface area contributed by atoms with Crippen molar-refractivity contribution < 1.29 is 23.8 Å². The summed E-state index contributed by atoms with van der Waals surface area (Å²) < 4.78 is 16.1. The summed E-state index contributed by atoms with van der Waals surface area (Å²) in [6.45, 7) is 4.90. The lowest BCUT2D eigenvalue weighted by Gasteiger charge is -2.12. The minimum absolute atomic E-state index is 0.104. The number of carbonyl (C=O) groups excluding carboxylic acids is 2. The van der Waals surface area contributed by atoms with E-state index < -0.39 is 5.97 Å². The number of hydrogen-bond donors (Lipinski definition) is 0. The van der Waals surface area contributed by atoms with Crippen molar-refractivity contribution in [3.8, 4) is 11.5 Å². The highest BCUT2D eigenvalue weighted by Gasteiger charge is 2.32. The highest BCUT2D eigenvalue weighted by Crippen LogP contribution is 2.34. The van der Waals surface area contributed by atoms with Crippen molar-refractivity contribution in [2.24, 2.45) is 4.99 Å². The van der Waals surface area contributed by atoms with Gasteiger partial charge in [0.25, 0.3) is 5.91 Å². The molecule has 3 aromatic rings. The summed E-state index contributed by atoms with van der Waals surface area (Å²) in [4.78, 5) is 31.9. The van der Waals surface area contributed by atoms with Crippen LogP contribution in [0.25, 0.3) is 6.08 Å². The minimum atomic E-state index is -0.399. The first-order valence-electron chi connectivity index (χ1n) is 11.9. The molecule has 0 N–H and O–H groups in total. The molecule has 3 aromatic carbocycles. The smallest absolute Gasteiger partial charge is 0.338 e. The van der Waals surface area contributed by atoms with Gasteiger partial charge >= 0.3 is 5.97 Å². The van der Waals surface area contributed by atoms with Gasteiger partial charge in [0.1, 0.15) is 18.1 Å². The highest BCUT2D eigenvalue weighted by molar-refractivity contribution is 8.18. The maximum atomic E-state index is 13.0. The van der Waals surface area contributed by atoms with Crippen LogP contribution in [0.1, 0.15) is 35.3 Å². The van der Waals surface area contributed by atoms with Crippen LogP contribution in [0, 0.1) is 0 Å². The maximum absolute atomic E-state index is 13.0. The molecule has 0 unspecified atom stereocenters. The van der Waals surface area contributed by atoms with Crippen molar-refractivity contribution in [3.05, 3.63) is 94.4 Å². The lowest BCUT2D eigenvalue weighted by Crippen LogP contribution is -2.28. The Kier molecular flexibility index (Phi) is 8.64. The average Bonchev–Trinajstić information content (AvgIpc) is 3.22. The fraction of sp³-hybridized carbons (Fsp3) is 0.207. The number of thioether (sulfide) groups is 1. The number of methoxy groups -OCH3 is 1. The van der Waals surface area contributed by atoms with Crippen LogP contribution in [0.15, 0.2) is 82.7 Å². The third-order valence-electron chi connectivity index (χ3n) is 5.53. The molecule has 7 nitrogen and oxygen atoms in total. The van der Waals surface area contributed by atoms with Gasteiger partial charge in [0, 0.05) is 6.54 Å². The summed E-state index contributed by atoms with van der Waals surface area (Å²) in [5, 5.41) is 0.569. The van der Waals surface area contributed by atoms with Gasteiger partial charge in [0.2, 0.25) is 0 Å². The number of carbonyl (C=O) groups is 2. The van der Waals surface area contributed by atoms with E-state index in [0.29, 0.717) is 41.1 Å². The number of amides is 1. The van der Waals surface area contributed by atoms with E-state index in [1.54, 1.807) is 43.2 Å². The molecule has 1 saturated heterocycles. The molecule has 0 radical (unpaired) electrons. The van der Waals surface area contributed by atoms with Crippen LogP contribution in [0.3, 0.4) is 0 Å². The molecule has 0 spiro atoms. The molecule has 190 valence electrons. The second kappa shape index (κ2) is 12.3. The second-order valence-corrected chi connectivity index (χ2v) is 9.04. The van der Waals surface area contributed by atoms with Crippen LogP contribution >= 0.6 is 11.8 Å². The van der Waals surface area contributed by atoms with E-state index in [-0.39, 0.29) is 5.91 Å². The van der Waals surface area contributed by atoms with Gasteiger partial charge in [-0.25, -0.2) is 9.79 Å². The molecule has 0 bridgehead atoms. The quantitative estimate of drug-likeness (QED) is 0.254. The van der Waals surface area contributed by atoms with E-state index in [2.05, 4.69) is 4.99 Å². The first-order chi connectivity index (χ1) is 18.0. The molecule has 0 aliphatic carbocycles. The van der Waals surface area contributed by atoms with Crippen molar-refractivity contribution in [1.29, 1.82) is 0 Å². The highest BCUT2D eigenvalue weighted by atomic mass is 32.2. The zero-order chi connectivity index (χ0) is 26.2. The Morgan fingerprint density at radius 3 is 2.41 bits per heavy atom. The van der Waals surface area contributed by atoms with Gasteiger partial charge in [0.05, 0.1) is 29.9 Å². The fourth-order valence-electron chi connectivity index (χ4n) is 3.60. The van der Waals surface area contributed by atoms with Gasteiger partial charge < -0.3 is 14.2 Å². The normalized spacial score (nSPS) is 15.3. The lowest BCUT2D eigenvalue weighted by molar-refractivity contribution is -0.122. The first-order valence-corrected chi connectivity index (χ1v) is 12.8. The van der Waals surface area contributed by atoms with E-state index in [4.69, 9.17) is 14.2 Å². The monoisotopic (exact) mass is 516 g/mol. The number of hydrogen-bond acceptors (Lipinski definition) is 7. The first kappa shape index (κ1) is 26.0. The molecule has 8 heteroatoms. The number of ether oxygens (including phenoxy) is 3. The summed E-state index contributed by atoms with van der Waals surface area (Å²) in [6.07, 6.45) is 1.85. The van der Waals surface area contributed by atoms with Crippen molar-refractivity contribution in [2.45, 2.75) is 20.5 Å². The predicted molar refractivity (Wildman–Crippen MR) is 146 cm³/mol. The third-order valence-corrected chi connectivity index (χ3v) is 6.54. The number of nitrogens with zero attached hydrogens (tertiary/aromatic N) is 2. The molecule has 1 heterocycles. The summed E-state index contributed by atoms with van der Waals surface area (Å²) in [5.74, 6) is 1.04. The summed E-state index contributed by atoms with van der Waals surface area (Å²) in [6, 6.07) is 22.2. The maximum Gasteiger partial charge on any atom is 0.338 e. The van der Waals surface area contributed by atoms with Gasteiger partial charge in [-0.05, 0) is 85.3 Å². The summed E-state index contributed by atoms with van der Waals surface area (Å²) in [5.41, 5.74) is 2.93. The van der Waals surface area contributed by atoms with E-state index in [1.165, 1.54) is 11.8 Å². The molecular formula is C29H28N2O5S. The van der Waals surface area contributed by atoms with Crippen LogP contribution in [0.2, 0.25) is 0 Å². The van der Waals surface area contributed by atoms with E-state index in [9.17, 15) is 9.59 Å². The van der Waals surface area contributed by atoms with Gasteiger partial charge in [-0.2, -0.15) is 0 Å². The van der Waals surface area contributed by atoms with Gasteiger partial charge in [-0.3, -0.25) is 9.69 Å². The van der Waals surface area contributed by atoms with Gasteiger partial charge in [-0.15, -0.1) is 0 Å². The van der Waals surface area contributed by atoms with Crippen molar-refractivity contribution in [1.82, 2.24) is 4.90 Å². The topological polar surface area (TPSA) is 77.4 Å². The standard InChI is InChI=1S/C29H28N2O5S/c1-4-31-27(32)26(37-29(31)30-23-8-6-7-22(18-23)28(33)35-5-2)17-20-9-15-25(16-10-20)36-19-21-11-13-24(34-3)14-12-21/h6-18H,4-5,19H2,1-3H3. The SMILES string of the molecule is CCOC(=O)c1cccc(N=C2SC(=Cc3ccc(OCc4ccc(OC)cc4)cc3)C(=O)N2CC)c1. The largest absolute Gasteiger partial charge is 0.497 e. The summed E-state index contributed by atoms with van der Waals surface area (Å²) in [7, 11) is 1.64. The Bertz CT molecular complexity index is 1320. The number of aliphatic imine (C=N–C) groups is 1. The molecular weight excluding hydrogens is 488 g/mol. The second-order valence-electron chi connectivity index (χ2n) is 8.03. The number of rotatable bonds is 9. The zero-order valence-electron chi connectivity index (χ0n) is 21.0. The average molecular weight is 517 g/mol. The van der Waals surface area contributed by atoms with Gasteiger partial charge in [0.15, 0.2) is 5.17 Å². The van der Waals surface area contributed by atoms with Crippen LogP contribution in [-0.4, -0.2) is 42.2 Å². The van der Waals surface area contributed by atoms with Gasteiger partial charge in [-0.1, -0.05) is 30.3 Å². The van der Waals surface area contributed by atoms with E-state index in [1.807, 2.05) is 61.5 Å². The van der Waals surface area contributed by atoms with Crippen LogP contribution in [0.5, 0.6) is 11.5 Å². The Hall–Kier alpha value is -4.04. The Balaban J connectivity index is 1.45. The minimum Gasteiger partial charge on any atom is -0.497 e. The summed E-state index contributed by atoms with van der Waals surface area (Å²) >= 11 is 1.31. The molecule has 0 aromatic heterocycles. The number of likely N-dealkylation sites (N-methyl/N-ethyl adjacent to an activating group) is 1. The van der Waals surface area contributed by atoms with Crippen molar-refractivity contribution in [3.63, 3.8) is 0 Å². The fourth-order valence-corrected chi connectivity index (χ4v) is 4.66. The molecule has 1 fully saturated rings. The zero-order valence-corrected chi connectivity index (χ0v) is 21.8.